The average Bonchev–Trinajstić information content (AvgIpc) is 3.01. The highest BCUT2D eigenvalue weighted by Crippen LogP contribution is 2.35. The molecule has 1 aromatic heterocycles. The van der Waals surface area contributed by atoms with Crippen molar-refractivity contribution in [3.05, 3.63) is 15.6 Å². The van der Waals surface area contributed by atoms with Crippen LogP contribution in [0.4, 0.5) is 0 Å². The molecule has 0 aromatic carbocycles. The van der Waals surface area contributed by atoms with Gasteiger partial charge in [0.05, 0.1) is 10.7 Å². The fraction of sp³-hybridized carbons (Fsp3) is 0.800. The molecule has 1 aromatic rings. The summed E-state index contributed by atoms with van der Waals surface area (Å²) in [5, 5.41) is 4.95. The Morgan fingerprint density at radius 3 is 2.72 bits per heavy atom. The molecule has 0 bridgehead atoms. The molecule has 2 aliphatic rings. The number of thiazole rings is 1. The van der Waals surface area contributed by atoms with E-state index in [1.807, 2.05) is 11.3 Å². The van der Waals surface area contributed by atoms with Crippen LogP contribution in [0.15, 0.2) is 0 Å². The second kappa shape index (κ2) is 5.70. The molecule has 1 aliphatic heterocycles. The fourth-order valence-electron chi connectivity index (χ4n) is 3.45. The van der Waals surface area contributed by atoms with Crippen LogP contribution < -0.4 is 5.32 Å². The molecule has 1 saturated carbocycles. The van der Waals surface area contributed by atoms with Crippen molar-refractivity contribution in [1.29, 1.82) is 0 Å². The number of hydrogen-bond donors (Lipinski definition) is 1. The molecule has 100 valence electrons. The normalized spacial score (nSPS) is 25.7. The Labute approximate surface area is 114 Å². The third kappa shape index (κ3) is 2.77. The molecule has 3 heteroatoms. The van der Waals surface area contributed by atoms with E-state index in [9.17, 15) is 0 Å². The highest BCUT2D eigenvalue weighted by Gasteiger charge is 2.22. The van der Waals surface area contributed by atoms with Gasteiger partial charge in [0.25, 0.3) is 0 Å². The van der Waals surface area contributed by atoms with Crippen LogP contribution in [0.5, 0.6) is 0 Å². The van der Waals surface area contributed by atoms with Gasteiger partial charge in [0.15, 0.2) is 0 Å². The van der Waals surface area contributed by atoms with Crippen molar-refractivity contribution in [2.75, 3.05) is 6.54 Å². The summed E-state index contributed by atoms with van der Waals surface area (Å²) in [6.07, 6.45) is 10.8. The van der Waals surface area contributed by atoms with E-state index in [0.29, 0.717) is 6.04 Å². The molecule has 1 unspecified atom stereocenters. The number of aryl methyl sites for hydroxylation is 1. The Bertz CT molecular complexity index is 387. The molecule has 0 spiro atoms. The number of hydrogen-bond acceptors (Lipinski definition) is 3. The number of nitrogens with one attached hydrogen (secondary N) is 1. The first-order valence-corrected chi connectivity index (χ1v) is 8.34. The van der Waals surface area contributed by atoms with Gasteiger partial charge in [-0.1, -0.05) is 19.3 Å². The molecule has 1 saturated heterocycles. The lowest BCUT2D eigenvalue weighted by molar-refractivity contribution is 0.436. The van der Waals surface area contributed by atoms with Gasteiger partial charge in [-0.3, -0.25) is 0 Å². The fourth-order valence-corrected chi connectivity index (χ4v) is 4.55. The van der Waals surface area contributed by atoms with Gasteiger partial charge in [0, 0.05) is 23.3 Å². The number of nitrogens with zero attached hydrogens (tertiary/aromatic N) is 1. The van der Waals surface area contributed by atoms with Crippen LogP contribution in [0.1, 0.15) is 66.4 Å². The van der Waals surface area contributed by atoms with E-state index < -0.39 is 0 Å². The highest BCUT2D eigenvalue weighted by atomic mass is 32.1. The largest absolute Gasteiger partial charge is 0.314 e. The Morgan fingerprint density at radius 1 is 1.17 bits per heavy atom. The predicted molar refractivity (Wildman–Crippen MR) is 77.4 cm³/mol. The first-order chi connectivity index (χ1) is 8.83. The van der Waals surface area contributed by atoms with Gasteiger partial charge in [0.1, 0.15) is 0 Å². The van der Waals surface area contributed by atoms with Crippen molar-refractivity contribution in [2.45, 2.75) is 70.3 Å². The predicted octanol–water partition coefficient (Wildman–Crippen LogP) is 3.79. The van der Waals surface area contributed by atoms with Gasteiger partial charge in [-0.15, -0.1) is 11.3 Å². The lowest BCUT2D eigenvalue weighted by atomic mass is 9.86. The van der Waals surface area contributed by atoms with Crippen LogP contribution in [-0.4, -0.2) is 17.6 Å². The molecule has 1 atom stereocenters. The van der Waals surface area contributed by atoms with Gasteiger partial charge in [0.2, 0.25) is 0 Å². The van der Waals surface area contributed by atoms with Crippen LogP contribution >= 0.6 is 11.3 Å². The molecule has 1 aliphatic carbocycles. The summed E-state index contributed by atoms with van der Waals surface area (Å²) in [4.78, 5) is 6.46. The minimum Gasteiger partial charge on any atom is -0.314 e. The summed E-state index contributed by atoms with van der Waals surface area (Å²) < 4.78 is 0. The van der Waals surface area contributed by atoms with E-state index in [-0.39, 0.29) is 0 Å². The Hall–Kier alpha value is -0.410. The zero-order valence-electron chi connectivity index (χ0n) is 11.4. The molecule has 0 radical (unpaired) electrons. The lowest BCUT2D eigenvalue weighted by Gasteiger charge is -2.20. The van der Waals surface area contributed by atoms with E-state index >= 15 is 0 Å². The highest BCUT2D eigenvalue weighted by molar-refractivity contribution is 7.11. The summed E-state index contributed by atoms with van der Waals surface area (Å²) in [5.74, 6) is 0.764. The molecule has 0 amide bonds. The number of rotatable bonds is 3. The van der Waals surface area contributed by atoms with Crippen LogP contribution in [0, 0.1) is 6.92 Å². The van der Waals surface area contributed by atoms with Gasteiger partial charge in [-0.2, -0.15) is 0 Å². The van der Waals surface area contributed by atoms with Crippen LogP contribution in [0.25, 0.3) is 0 Å². The van der Waals surface area contributed by atoms with Crippen molar-refractivity contribution in [3.63, 3.8) is 0 Å². The molecular weight excluding hydrogens is 240 g/mol. The van der Waals surface area contributed by atoms with Gasteiger partial charge < -0.3 is 5.32 Å². The van der Waals surface area contributed by atoms with Crippen molar-refractivity contribution in [3.8, 4) is 0 Å². The van der Waals surface area contributed by atoms with Gasteiger partial charge in [-0.05, 0) is 39.2 Å². The third-order valence-electron chi connectivity index (χ3n) is 4.45. The summed E-state index contributed by atoms with van der Waals surface area (Å²) in [6.45, 7) is 3.47. The van der Waals surface area contributed by atoms with Gasteiger partial charge in [-0.25, -0.2) is 4.98 Å². The maximum atomic E-state index is 4.98. The Kier molecular flexibility index (Phi) is 4.00. The third-order valence-corrected chi connectivity index (χ3v) is 5.46. The zero-order chi connectivity index (χ0) is 12.4. The Morgan fingerprint density at radius 2 is 2.00 bits per heavy atom. The second-order valence-corrected chi connectivity index (χ2v) is 7.17. The smallest absolute Gasteiger partial charge is 0.0946 e. The molecule has 2 fully saturated rings. The van der Waals surface area contributed by atoms with E-state index in [1.54, 1.807) is 0 Å². The maximum Gasteiger partial charge on any atom is 0.0946 e. The summed E-state index contributed by atoms with van der Waals surface area (Å²) in [7, 11) is 0. The summed E-state index contributed by atoms with van der Waals surface area (Å²) >= 11 is 1.94. The summed E-state index contributed by atoms with van der Waals surface area (Å²) in [5.41, 5.74) is 1.44. The topological polar surface area (TPSA) is 24.9 Å². The quantitative estimate of drug-likeness (QED) is 0.898. The van der Waals surface area contributed by atoms with E-state index in [2.05, 4.69) is 12.2 Å². The molecular formula is C15H24N2S. The Balaban J connectivity index is 1.69. The van der Waals surface area contributed by atoms with Crippen LogP contribution in [-0.2, 0) is 6.42 Å². The SMILES string of the molecule is Cc1sc(CC2CCCN2)nc1C1CCCCC1. The lowest BCUT2D eigenvalue weighted by Crippen LogP contribution is -2.23. The van der Waals surface area contributed by atoms with Crippen molar-refractivity contribution in [1.82, 2.24) is 10.3 Å². The molecule has 1 N–H and O–H groups in total. The van der Waals surface area contributed by atoms with Crippen LogP contribution in [0.2, 0.25) is 0 Å². The van der Waals surface area contributed by atoms with Crippen LogP contribution in [0.3, 0.4) is 0 Å². The second-order valence-electron chi connectivity index (χ2n) is 5.88. The first-order valence-electron chi connectivity index (χ1n) is 7.52. The maximum absolute atomic E-state index is 4.98. The standard InChI is InChI=1S/C15H24N2S/c1-11-15(12-6-3-2-4-7-12)17-14(18-11)10-13-8-5-9-16-13/h12-13,16H,2-10H2,1H3. The van der Waals surface area contributed by atoms with E-state index in [4.69, 9.17) is 4.98 Å². The molecule has 2 heterocycles. The first kappa shape index (κ1) is 12.6. The average molecular weight is 264 g/mol. The number of aromatic nitrogens is 1. The molecule has 18 heavy (non-hydrogen) atoms. The minimum absolute atomic E-state index is 0.690. The van der Waals surface area contributed by atoms with Crippen molar-refractivity contribution >= 4 is 11.3 Å². The van der Waals surface area contributed by atoms with Crippen molar-refractivity contribution < 1.29 is 0 Å². The van der Waals surface area contributed by atoms with Crippen molar-refractivity contribution in [2.24, 2.45) is 0 Å². The monoisotopic (exact) mass is 264 g/mol. The molecule has 2 nitrogen and oxygen atoms in total. The van der Waals surface area contributed by atoms with E-state index in [0.717, 1.165) is 12.3 Å². The zero-order valence-corrected chi connectivity index (χ0v) is 12.2. The summed E-state index contributed by atoms with van der Waals surface area (Å²) in [6, 6.07) is 0.690. The minimum atomic E-state index is 0.690. The van der Waals surface area contributed by atoms with Gasteiger partial charge >= 0.3 is 0 Å². The van der Waals surface area contributed by atoms with E-state index in [1.165, 1.54) is 67.1 Å². The molecule has 3 rings (SSSR count).